The van der Waals surface area contributed by atoms with E-state index in [9.17, 15) is 8.42 Å². The van der Waals surface area contributed by atoms with Crippen molar-refractivity contribution in [3.63, 3.8) is 0 Å². The molecule has 0 radical (unpaired) electrons. The molecule has 5 rings (SSSR count). The van der Waals surface area contributed by atoms with E-state index in [0.29, 0.717) is 23.7 Å². The van der Waals surface area contributed by atoms with Gasteiger partial charge in [0.15, 0.2) is 5.65 Å². The van der Waals surface area contributed by atoms with E-state index in [1.165, 1.54) is 23.8 Å². The lowest BCUT2D eigenvalue weighted by Gasteiger charge is -2.30. The minimum Gasteiger partial charge on any atom is -0.366 e. The van der Waals surface area contributed by atoms with E-state index in [4.69, 9.17) is 4.98 Å². The number of sulfone groups is 1. The first-order valence-electron chi connectivity index (χ1n) is 11.6. The molecule has 2 aromatic heterocycles. The fraction of sp³-hybridized carbons (Fsp3) is 0.400. The van der Waals surface area contributed by atoms with Crippen LogP contribution in [0, 0.1) is 5.92 Å². The van der Waals surface area contributed by atoms with Gasteiger partial charge in [0.25, 0.3) is 0 Å². The Labute approximate surface area is 194 Å². The number of rotatable bonds is 5. The van der Waals surface area contributed by atoms with Crippen molar-refractivity contribution in [2.24, 2.45) is 5.92 Å². The van der Waals surface area contributed by atoms with Crippen molar-refractivity contribution >= 4 is 32.2 Å². The van der Waals surface area contributed by atoms with Crippen LogP contribution in [-0.2, 0) is 9.84 Å². The summed E-state index contributed by atoms with van der Waals surface area (Å²) in [5.74, 6) is 1.53. The zero-order valence-corrected chi connectivity index (χ0v) is 20.0. The van der Waals surface area contributed by atoms with Gasteiger partial charge in [0.2, 0.25) is 14.9 Å². The average molecular weight is 464 g/mol. The molecule has 7 nitrogen and oxygen atoms in total. The number of nitrogens with one attached hydrogen (secondary N) is 1. The average Bonchev–Trinajstić information content (AvgIpc) is 3.26. The quantitative estimate of drug-likeness (QED) is 0.436. The van der Waals surface area contributed by atoms with E-state index >= 15 is 0 Å². The Morgan fingerprint density at radius 1 is 1.03 bits per heavy atom. The van der Waals surface area contributed by atoms with E-state index in [2.05, 4.69) is 36.4 Å². The number of aromatic nitrogens is 4. The number of anilines is 1. The van der Waals surface area contributed by atoms with E-state index in [-0.39, 0.29) is 15.6 Å². The van der Waals surface area contributed by atoms with Gasteiger partial charge < -0.3 is 5.32 Å². The molecule has 2 atom stereocenters. The summed E-state index contributed by atoms with van der Waals surface area (Å²) < 4.78 is 28.5. The number of fused-ring (bicyclic) bond motifs is 3. The van der Waals surface area contributed by atoms with E-state index in [1.807, 2.05) is 36.4 Å². The van der Waals surface area contributed by atoms with Crippen molar-refractivity contribution in [3.05, 3.63) is 54.1 Å². The van der Waals surface area contributed by atoms with Crippen molar-refractivity contribution in [3.8, 4) is 0 Å². The fourth-order valence-corrected chi connectivity index (χ4v) is 5.91. The molecule has 172 valence electrons. The lowest BCUT2D eigenvalue weighted by molar-refractivity contribution is 0.349. The summed E-state index contributed by atoms with van der Waals surface area (Å²) >= 11 is 0. The van der Waals surface area contributed by atoms with Gasteiger partial charge in [-0.1, -0.05) is 63.1 Å². The van der Waals surface area contributed by atoms with Crippen LogP contribution in [-0.4, -0.2) is 34.3 Å². The van der Waals surface area contributed by atoms with Gasteiger partial charge in [0.05, 0.1) is 10.4 Å². The highest BCUT2D eigenvalue weighted by Gasteiger charge is 2.28. The summed E-state index contributed by atoms with van der Waals surface area (Å²) in [5, 5.41) is 12.7. The highest BCUT2D eigenvalue weighted by molar-refractivity contribution is 7.91. The molecule has 2 heterocycles. The molecule has 0 aliphatic heterocycles. The molecule has 1 aliphatic rings. The highest BCUT2D eigenvalue weighted by Crippen LogP contribution is 2.32. The predicted molar refractivity (Wildman–Crippen MR) is 129 cm³/mol. The second-order valence-corrected chi connectivity index (χ2v) is 11.2. The summed E-state index contributed by atoms with van der Waals surface area (Å²) in [5.41, 5.74) is 2.10. The first kappa shape index (κ1) is 21.8. The van der Waals surface area contributed by atoms with Crippen LogP contribution in [0.5, 0.6) is 0 Å². The largest absolute Gasteiger partial charge is 0.366 e. The van der Waals surface area contributed by atoms with Gasteiger partial charge in [-0.3, -0.25) is 0 Å². The molecular formula is C25H29N5O2S. The van der Waals surface area contributed by atoms with E-state index in [0.717, 1.165) is 22.9 Å². The van der Waals surface area contributed by atoms with Crippen molar-refractivity contribution in [2.45, 2.75) is 68.3 Å². The topological polar surface area (TPSA) is 89.2 Å². The minimum atomic E-state index is -3.88. The number of hydrogen-bond donors (Lipinski definition) is 1. The Morgan fingerprint density at radius 2 is 1.76 bits per heavy atom. The van der Waals surface area contributed by atoms with Crippen LogP contribution in [0.15, 0.2) is 58.5 Å². The summed E-state index contributed by atoms with van der Waals surface area (Å²) in [4.78, 5) is 4.97. The molecule has 1 aliphatic carbocycles. The number of hydrogen-bond acceptors (Lipinski definition) is 6. The maximum atomic E-state index is 13.5. The van der Waals surface area contributed by atoms with Gasteiger partial charge in [0.1, 0.15) is 5.82 Å². The maximum absolute atomic E-state index is 13.5. The summed E-state index contributed by atoms with van der Waals surface area (Å²) in [6.07, 6.45) is 4.69. The SMILES string of the molecule is CC(C)c1ccc(S(=O)(=O)c2nnn3c2nc(N[C@@H]2CCCC[C@@H]2C)c2ccccc23)cc1. The third-order valence-electron chi connectivity index (χ3n) is 6.77. The lowest BCUT2D eigenvalue weighted by Crippen LogP contribution is -2.30. The molecule has 0 saturated heterocycles. The van der Waals surface area contributed by atoms with Crippen molar-refractivity contribution in [1.29, 1.82) is 0 Å². The van der Waals surface area contributed by atoms with Gasteiger partial charge in [-0.2, -0.15) is 4.52 Å². The third kappa shape index (κ3) is 3.86. The van der Waals surface area contributed by atoms with E-state index < -0.39 is 9.84 Å². The molecule has 8 heteroatoms. The molecule has 2 aromatic carbocycles. The number of benzene rings is 2. The number of para-hydroxylation sites is 1. The first-order valence-corrected chi connectivity index (χ1v) is 13.1. The fourth-order valence-electron chi connectivity index (χ4n) is 4.68. The van der Waals surface area contributed by atoms with Crippen molar-refractivity contribution in [2.75, 3.05) is 5.32 Å². The van der Waals surface area contributed by atoms with Crippen LogP contribution < -0.4 is 5.32 Å². The molecule has 4 aromatic rings. The Morgan fingerprint density at radius 3 is 2.48 bits per heavy atom. The van der Waals surface area contributed by atoms with Gasteiger partial charge in [-0.25, -0.2) is 13.4 Å². The van der Waals surface area contributed by atoms with Gasteiger partial charge in [0, 0.05) is 11.4 Å². The molecule has 0 amide bonds. The van der Waals surface area contributed by atoms with Gasteiger partial charge in [-0.05, 0) is 54.5 Å². The van der Waals surface area contributed by atoms with Gasteiger partial charge in [-0.15, -0.1) is 5.10 Å². The summed E-state index contributed by atoms with van der Waals surface area (Å²) in [6.45, 7) is 6.41. The van der Waals surface area contributed by atoms with Crippen LogP contribution >= 0.6 is 0 Å². The zero-order valence-electron chi connectivity index (χ0n) is 19.2. The van der Waals surface area contributed by atoms with Crippen LogP contribution in [0.2, 0.25) is 0 Å². The van der Waals surface area contributed by atoms with Crippen LogP contribution in [0.25, 0.3) is 16.6 Å². The van der Waals surface area contributed by atoms with E-state index in [1.54, 1.807) is 12.1 Å². The first-order chi connectivity index (χ1) is 15.9. The standard InChI is InChI=1S/C25H29N5O2S/c1-16(2)18-12-14-19(15-13-18)33(31,32)25-24-27-23(26-21-10-6-4-8-17(21)3)20-9-5-7-11-22(20)30(24)29-28-25/h5,7,9,11-17,21H,4,6,8,10H2,1-3H3,(H,26,27)/t17-,21+/m0/s1. The molecule has 0 unspecified atom stereocenters. The van der Waals surface area contributed by atoms with Crippen LogP contribution in [0.1, 0.15) is 57.9 Å². The Hall–Kier alpha value is -3.00. The molecule has 1 saturated carbocycles. The lowest BCUT2D eigenvalue weighted by atomic mass is 9.86. The summed E-state index contributed by atoms with van der Waals surface area (Å²) in [7, 11) is -3.88. The van der Waals surface area contributed by atoms with Crippen molar-refractivity contribution in [1.82, 2.24) is 19.8 Å². The Kier molecular flexibility index (Phi) is 5.56. The van der Waals surface area contributed by atoms with Crippen molar-refractivity contribution < 1.29 is 8.42 Å². The molecule has 1 fully saturated rings. The van der Waals surface area contributed by atoms with Gasteiger partial charge >= 0.3 is 0 Å². The molecule has 33 heavy (non-hydrogen) atoms. The summed E-state index contributed by atoms with van der Waals surface area (Å²) in [6, 6.07) is 15.1. The molecule has 0 bridgehead atoms. The highest BCUT2D eigenvalue weighted by atomic mass is 32.2. The monoisotopic (exact) mass is 463 g/mol. The Balaban J connectivity index is 1.64. The molecular weight excluding hydrogens is 434 g/mol. The Bertz CT molecular complexity index is 1410. The van der Waals surface area contributed by atoms with Crippen LogP contribution in [0.3, 0.4) is 0 Å². The minimum absolute atomic E-state index is 0.120. The second kappa shape index (κ2) is 8.41. The second-order valence-electron chi connectivity index (χ2n) is 9.35. The van der Waals surface area contributed by atoms with Crippen LogP contribution in [0.4, 0.5) is 5.82 Å². The number of nitrogens with zero attached hydrogens (tertiary/aromatic N) is 4. The third-order valence-corrected chi connectivity index (χ3v) is 8.43. The molecule has 0 spiro atoms. The predicted octanol–water partition coefficient (Wildman–Crippen LogP) is 5.22. The maximum Gasteiger partial charge on any atom is 0.229 e. The molecule has 1 N–H and O–H groups in total. The zero-order chi connectivity index (χ0) is 23.2. The smallest absolute Gasteiger partial charge is 0.229 e. The normalized spacial score (nSPS) is 19.4.